The third kappa shape index (κ3) is 4.34. The first-order valence-electron chi connectivity index (χ1n) is 6.47. The Labute approximate surface area is 135 Å². The average molecular weight is 438 g/mol. The number of hydrogen-bond acceptors (Lipinski definition) is 2. The van der Waals surface area contributed by atoms with E-state index in [4.69, 9.17) is 0 Å². The second-order valence-electron chi connectivity index (χ2n) is 4.99. The molecule has 1 aliphatic rings. The van der Waals surface area contributed by atoms with Crippen molar-refractivity contribution in [2.45, 2.75) is 30.5 Å². The predicted molar refractivity (Wildman–Crippen MR) is 87.8 cm³/mol. The summed E-state index contributed by atoms with van der Waals surface area (Å²) in [7, 11) is 0. The summed E-state index contributed by atoms with van der Waals surface area (Å²) in [5, 5.41) is 12.6. The third-order valence-electron chi connectivity index (χ3n) is 3.53. The van der Waals surface area contributed by atoms with E-state index in [-0.39, 0.29) is 11.7 Å². The lowest BCUT2D eigenvalue weighted by molar-refractivity contribution is 0.0941. The highest BCUT2D eigenvalue weighted by Gasteiger charge is 2.20. The summed E-state index contributed by atoms with van der Waals surface area (Å²) < 4.78 is 0.945. The molecule has 1 aliphatic carbocycles. The number of hydrogen-bond donors (Lipinski definition) is 2. The van der Waals surface area contributed by atoms with Gasteiger partial charge in [0.15, 0.2) is 0 Å². The maximum atomic E-state index is 12.0. The Balaban J connectivity index is 1.89. The maximum absolute atomic E-state index is 12.0. The number of benzene rings is 1. The number of phenols is 1. The first-order chi connectivity index (χ1) is 9.06. The molecular weight excluding hydrogens is 421 g/mol. The monoisotopic (exact) mass is 437 g/mol. The van der Waals surface area contributed by atoms with Gasteiger partial charge in [-0.3, -0.25) is 4.79 Å². The van der Waals surface area contributed by atoms with E-state index in [2.05, 4.69) is 43.8 Å². The van der Waals surface area contributed by atoms with Gasteiger partial charge in [-0.25, -0.2) is 0 Å². The van der Waals surface area contributed by atoms with Crippen LogP contribution in [-0.4, -0.2) is 22.4 Å². The molecule has 1 saturated carbocycles. The molecule has 2 rings (SSSR count). The van der Waals surface area contributed by atoms with Gasteiger partial charge in [0.05, 0.1) is 5.56 Å². The van der Waals surface area contributed by atoms with E-state index in [0.29, 0.717) is 22.9 Å². The first kappa shape index (κ1) is 15.1. The minimum atomic E-state index is -0.183. The zero-order chi connectivity index (χ0) is 13.8. The fraction of sp³-hybridized carbons (Fsp3) is 0.500. The van der Waals surface area contributed by atoms with E-state index in [0.717, 1.165) is 16.4 Å². The lowest BCUT2D eigenvalue weighted by atomic mass is 9.89. The van der Waals surface area contributed by atoms with E-state index in [1.165, 1.54) is 12.8 Å². The van der Waals surface area contributed by atoms with Crippen LogP contribution in [0, 0.1) is 9.49 Å². The highest BCUT2D eigenvalue weighted by atomic mass is 127. The zero-order valence-electron chi connectivity index (χ0n) is 10.5. The number of phenolic OH excluding ortho intramolecular Hbond substituents is 1. The SMILES string of the molecule is O=C(NCC1CCC(Br)CC1)c1cc(I)ccc1O. The number of carbonyl (C=O) groups is 1. The minimum Gasteiger partial charge on any atom is -0.507 e. The van der Waals surface area contributed by atoms with Gasteiger partial charge in [-0.05, 0) is 72.4 Å². The van der Waals surface area contributed by atoms with Crippen molar-refractivity contribution in [1.29, 1.82) is 0 Å². The largest absolute Gasteiger partial charge is 0.507 e. The average Bonchev–Trinajstić information content (AvgIpc) is 2.40. The number of carbonyl (C=O) groups excluding carboxylic acids is 1. The van der Waals surface area contributed by atoms with Gasteiger partial charge in [0.2, 0.25) is 0 Å². The quantitative estimate of drug-likeness (QED) is 0.559. The summed E-state index contributed by atoms with van der Waals surface area (Å²) in [4.78, 5) is 12.7. The van der Waals surface area contributed by atoms with Gasteiger partial charge in [0.1, 0.15) is 5.75 Å². The number of rotatable bonds is 3. The Morgan fingerprint density at radius 1 is 1.37 bits per heavy atom. The second-order valence-corrected chi connectivity index (χ2v) is 7.53. The van der Waals surface area contributed by atoms with Gasteiger partial charge in [0, 0.05) is 14.9 Å². The summed E-state index contributed by atoms with van der Waals surface area (Å²) in [6, 6.07) is 5.05. The van der Waals surface area contributed by atoms with Gasteiger partial charge in [-0.15, -0.1) is 0 Å². The standard InChI is InChI=1S/C14H17BrINO2/c15-10-3-1-9(2-4-10)8-17-14(19)12-7-11(16)5-6-13(12)18/h5-7,9-10,18H,1-4,8H2,(H,17,19). The lowest BCUT2D eigenvalue weighted by Crippen LogP contribution is -2.31. The van der Waals surface area contributed by atoms with Crippen LogP contribution >= 0.6 is 38.5 Å². The maximum Gasteiger partial charge on any atom is 0.255 e. The topological polar surface area (TPSA) is 49.3 Å². The molecule has 0 radical (unpaired) electrons. The van der Waals surface area contributed by atoms with Crippen molar-refractivity contribution in [2.24, 2.45) is 5.92 Å². The summed E-state index contributed by atoms with van der Waals surface area (Å²) >= 11 is 5.76. The molecule has 3 nitrogen and oxygen atoms in total. The molecule has 104 valence electrons. The Morgan fingerprint density at radius 2 is 2.05 bits per heavy atom. The number of alkyl halides is 1. The smallest absolute Gasteiger partial charge is 0.255 e. The first-order valence-corrected chi connectivity index (χ1v) is 8.46. The Kier molecular flexibility index (Phi) is 5.50. The number of nitrogens with one attached hydrogen (secondary N) is 1. The molecule has 0 spiro atoms. The van der Waals surface area contributed by atoms with Crippen LogP contribution in [0.2, 0.25) is 0 Å². The molecule has 0 saturated heterocycles. The molecule has 2 N–H and O–H groups in total. The Bertz CT molecular complexity index is 459. The summed E-state index contributed by atoms with van der Waals surface area (Å²) in [6.07, 6.45) is 4.65. The van der Waals surface area contributed by atoms with Crippen LogP contribution in [0.25, 0.3) is 0 Å². The molecule has 1 amide bonds. The molecule has 0 aliphatic heterocycles. The number of halogens is 2. The van der Waals surface area contributed by atoms with E-state index in [1.54, 1.807) is 18.2 Å². The Morgan fingerprint density at radius 3 is 2.74 bits per heavy atom. The van der Waals surface area contributed by atoms with Crippen LogP contribution in [0.5, 0.6) is 5.75 Å². The zero-order valence-corrected chi connectivity index (χ0v) is 14.3. The molecule has 1 aromatic rings. The van der Waals surface area contributed by atoms with Crippen molar-refractivity contribution in [1.82, 2.24) is 5.32 Å². The van der Waals surface area contributed by atoms with E-state index >= 15 is 0 Å². The van der Waals surface area contributed by atoms with Crippen LogP contribution in [-0.2, 0) is 0 Å². The van der Waals surface area contributed by atoms with Crippen molar-refractivity contribution < 1.29 is 9.90 Å². The summed E-state index contributed by atoms with van der Waals surface area (Å²) in [5.41, 5.74) is 0.362. The highest BCUT2D eigenvalue weighted by molar-refractivity contribution is 14.1. The Hall–Kier alpha value is -0.300. The molecule has 5 heteroatoms. The molecule has 0 heterocycles. The summed E-state index contributed by atoms with van der Waals surface area (Å²) in [5.74, 6) is 0.418. The van der Waals surface area contributed by atoms with E-state index in [9.17, 15) is 9.90 Å². The number of amides is 1. The van der Waals surface area contributed by atoms with Gasteiger partial charge in [-0.2, -0.15) is 0 Å². The fourth-order valence-corrected chi connectivity index (χ4v) is 3.37. The van der Waals surface area contributed by atoms with Crippen LogP contribution in [0.4, 0.5) is 0 Å². The molecule has 1 aromatic carbocycles. The van der Waals surface area contributed by atoms with Gasteiger partial charge < -0.3 is 10.4 Å². The molecule has 1 fully saturated rings. The van der Waals surface area contributed by atoms with E-state index in [1.807, 2.05) is 0 Å². The number of aromatic hydroxyl groups is 1. The summed E-state index contributed by atoms with van der Waals surface area (Å²) in [6.45, 7) is 0.698. The van der Waals surface area contributed by atoms with Gasteiger partial charge >= 0.3 is 0 Å². The lowest BCUT2D eigenvalue weighted by Gasteiger charge is -2.25. The van der Waals surface area contributed by atoms with Crippen LogP contribution in [0.1, 0.15) is 36.0 Å². The highest BCUT2D eigenvalue weighted by Crippen LogP contribution is 2.28. The molecule has 0 bridgehead atoms. The van der Waals surface area contributed by atoms with Crippen molar-refractivity contribution in [3.8, 4) is 5.75 Å². The van der Waals surface area contributed by atoms with Crippen molar-refractivity contribution in [3.05, 3.63) is 27.3 Å². The minimum absolute atomic E-state index is 0.0436. The molecule has 0 unspecified atom stereocenters. The molecule has 0 atom stereocenters. The molecular formula is C14H17BrINO2. The third-order valence-corrected chi connectivity index (χ3v) is 5.12. The van der Waals surface area contributed by atoms with Crippen molar-refractivity contribution in [2.75, 3.05) is 6.54 Å². The predicted octanol–water partition coefficient (Wildman–Crippen LogP) is 3.68. The van der Waals surface area contributed by atoms with Crippen molar-refractivity contribution in [3.63, 3.8) is 0 Å². The van der Waals surface area contributed by atoms with Gasteiger partial charge in [0.25, 0.3) is 5.91 Å². The molecule has 19 heavy (non-hydrogen) atoms. The fourth-order valence-electron chi connectivity index (χ4n) is 2.35. The van der Waals surface area contributed by atoms with Crippen molar-refractivity contribution >= 4 is 44.4 Å². The second kappa shape index (κ2) is 6.92. The molecule has 0 aromatic heterocycles. The van der Waals surface area contributed by atoms with Crippen LogP contribution in [0.15, 0.2) is 18.2 Å². The van der Waals surface area contributed by atoms with Crippen LogP contribution in [0.3, 0.4) is 0 Å². The van der Waals surface area contributed by atoms with E-state index < -0.39 is 0 Å². The van der Waals surface area contributed by atoms with Gasteiger partial charge in [-0.1, -0.05) is 15.9 Å². The normalized spacial score (nSPS) is 23.1. The van der Waals surface area contributed by atoms with Crippen LogP contribution < -0.4 is 5.32 Å².